The van der Waals surface area contributed by atoms with Gasteiger partial charge in [-0.3, -0.25) is 0 Å². The number of ether oxygens (including phenoxy) is 2. The Kier molecular flexibility index (Phi) is 3.74. The van der Waals surface area contributed by atoms with E-state index in [1.54, 1.807) is 0 Å². The van der Waals surface area contributed by atoms with Crippen LogP contribution in [0.25, 0.3) is 0 Å². The molecule has 1 aromatic rings. The Morgan fingerprint density at radius 3 is 2.95 bits per heavy atom. The summed E-state index contributed by atoms with van der Waals surface area (Å²) in [5, 5.41) is 10.1. The first-order chi connectivity index (χ1) is 9.53. The lowest BCUT2D eigenvalue weighted by molar-refractivity contribution is -0.0326. The molecule has 1 fully saturated rings. The van der Waals surface area contributed by atoms with E-state index >= 15 is 0 Å². The van der Waals surface area contributed by atoms with Crippen molar-refractivity contribution in [1.29, 1.82) is 0 Å². The molecule has 0 saturated carbocycles. The zero-order valence-electron chi connectivity index (χ0n) is 12.4. The van der Waals surface area contributed by atoms with Crippen molar-refractivity contribution in [2.24, 2.45) is 0 Å². The first-order valence-corrected chi connectivity index (χ1v) is 7.65. The van der Waals surface area contributed by atoms with Crippen molar-refractivity contribution >= 4 is 0 Å². The number of fused-ring (bicyclic) bond motifs is 1. The van der Waals surface area contributed by atoms with Gasteiger partial charge in [-0.15, -0.1) is 0 Å². The number of hydrogen-bond donors (Lipinski definition) is 1. The van der Waals surface area contributed by atoms with Crippen LogP contribution < -0.4 is 4.74 Å². The minimum atomic E-state index is -0.330. The topological polar surface area (TPSA) is 38.7 Å². The van der Waals surface area contributed by atoms with Gasteiger partial charge in [0, 0.05) is 0 Å². The van der Waals surface area contributed by atoms with Gasteiger partial charge in [0.1, 0.15) is 12.4 Å². The molecule has 2 aliphatic rings. The predicted octanol–water partition coefficient (Wildman–Crippen LogP) is 3.39. The average molecular weight is 276 g/mol. The summed E-state index contributed by atoms with van der Waals surface area (Å²) in [6, 6.07) is 6.10. The highest BCUT2D eigenvalue weighted by atomic mass is 16.6. The third-order valence-corrected chi connectivity index (χ3v) is 4.39. The second-order valence-electron chi connectivity index (χ2n) is 6.62. The van der Waals surface area contributed by atoms with Crippen LogP contribution in [0, 0.1) is 0 Å². The molecule has 0 amide bonds. The van der Waals surface area contributed by atoms with Crippen molar-refractivity contribution in [3.05, 3.63) is 29.3 Å². The van der Waals surface area contributed by atoms with E-state index in [-0.39, 0.29) is 17.8 Å². The van der Waals surface area contributed by atoms with E-state index in [1.165, 1.54) is 5.56 Å². The molecular formula is C17H24O3. The Bertz CT molecular complexity index is 481. The van der Waals surface area contributed by atoms with Gasteiger partial charge in [0.25, 0.3) is 0 Å². The summed E-state index contributed by atoms with van der Waals surface area (Å²) in [4.78, 5) is 0. The minimum absolute atomic E-state index is 0.0138. The highest BCUT2D eigenvalue weighted by Crippen LogP contribution is 2.33. The molecule has 0 aromatic heterocycles. The summed E-state index contributed by atoms with van der Waals surface area (Å²) in [6.07, 6.45) is 4.99. The Hall–Kier alpha value is -1.06. The highest BCUT2D eigenvalue weighted by molar-refractivity contribution is 5.38. The number of hydrogen-bond acceptors (Lipinski definition) is 3. The quantitative estimate of drug-likeness (QED) is 0.919. The predicted molar refractivity (Wildman–Crippen MR) is 78.0 cm³/mol. The fraction of sp³-hybridized carbons (Fsp3) is 0.647. The molecule has 0 bridgehead atoms. The van der Waals surface area contributed by atoms with Crippen molar-refractivity contribution < 1.29 is 14.6 Å². The average Bonchev–Trinajstić information content (AvgIpc) is 2.77. The maximum absolute atomic E-state index is 10.1. The van der Waals surface area contributed by atoms with E-state index in [9.17, 15) is 5.11 Å². The third kappa shape index (κ3) is 2.99. The molecule has 1 heterocycles. The summed E-state index contributed by atoms with van der Waals surface area (Å²) in [7, 11) is 0. The molecular weight excluding hydrogens is 252 g/mol. The maximum atomic E-state index is 10.1. The van der Waals surface area contributed by atoms with Crippen LogP contribution in [0.1, 0.15) is 56.8 Å². The van der Waals surface area contributed by atoms with Crippen LogP contribution in [0.4, 0.5) is 0 Å². The maximum Gasteiger partial charge on any atom is 0.119 e. The molecule has 1 saturated heterocycles. The van der Waals surface area contributed by atoms with E-state index < -0.39 is 0 Å². The highest BCUT2D eigenvalue weighted by Gasteiger charge is 2.32. The van der Waals surface area contributed by atoms with Crippen LogP contribution >= 0.6 is 0 Å². The van der Waals surface area contributed by atoms with Gasteiger partial charge in [-0.05, 0) is 69.2 Å². The normalized spacial score (nSPS) is 28.1. The molecule has 3 heteroatoms. The zero-order chi connectivity index (χ0) is 14.2. The van der Waals surface area contributed by atoms with Crippen LogP contribution in [-0.2, 0) is 11.2 Å². The third-order valence-electron chi connectivity index (χ3n) is 4.39. The fourth-order valence-corrected chi connectivity index (χ4v) is 3.23. The lowest BCUT2D eigenvalue weighted by Crippen LogP contribution is -2.24. The van der Waals surface area contributed by atoms with Crippen LogP contribution in [-0.4, -0.2) is 23.4 Å². The molecule has 3 nitrogen and oxygen atoms in total. The lowest BCUT2D eigenvalue weighted by Gasteiger charge is -2.23. The zero-order valence-corrected chi connectivity index (χ0v) is 12.4. The van der Waals surface area contributed by atoms with Crippen molar-refractivity contribution in [3.8, 4) is 5.75 Å². The molecule has 3 rings (SSSR count). The number of aliphatic hydroxyl groups excluding tert-OH is 1. The van der Waals surface area contributed by atoms with Gasteiger partial charge in [-0.1, -0.05) is 6.07 Å². The van der Waals surface area contributed by atoms with Crippen molar-refractivity contribution in [3.63, 3.8) is 0 Å². The van der Waals surface area contributed by atoms with Gasteiger partial charge < -0.3 is 14.6 Å². The van der Waals surface area contributed by atoms with Gasteiger partial charge in [-0.25, -0.2) is 0 Å². The Labute approximate surface area is 120 Å². The van der Waals surface area contributed by atoms with E-state index in [2.05, 4.69) is 19.9 Å². The molecule has 1 aliphatic heterocycles. The Balaban J connectivity index is 1.62. The standard InChI is InChI=1S/C17H24O3/c1-17(2)9-8-14(20-17)11-19-13-7-6-12-4-3-5-16(18)15(12)10-13/h6-7,10,14,16,18H,3-5,8-9,11H2,1-2H3. The molecule has 0 spiro atoms. The monoisotopic (exact) mass is 276 g/mol. The van der Waals surface area contributed by atoms with E-state index in [0.717, 1.165) is 43.4 Å². The van der Waals surface area contributed by atoms with Gasteiger partial charge >= 0.3 is 0 Å². The summed E-state index contributed by atoms with van der Waals surface area (Å²) < 4.78 is 11.8. The van der Waals surface area contributed by atoms with Gasteiger partial charge in [0.2, 0.25) is 0 Å². The fourth-order valence-electron chi connectivity index (χ4n) is 3.23. The summed E-state index contributed by atoms with van der Waals surface area (Å²) in [6.45, 7) is 4.85. The molecule has 0 radical (unpaired) electrons. The van der Waals surface area contributed by atoms with E-state index in [1.807, 2.05) is 12.1 Å². The Morgan fingerprint density at radius 2 is 2.20 bits per heavy atom. The van der Waals surface area contributed by atoms with E-state index in [4.69, 9.17) is 9.47 Å². The first kappa shape index (κ1) is 13.9. The molecule has 1 N–H and O–H groups in total. The molecule has 110 valence electrons. The minimum Gasteiger partial charge on any atom is -0.491 e. The number of aliphatic hydroxyl groups is 1. The first-order valence-electron chi connectivity index (χ1n) is 7.65. The van der Waals surface area contributed by atoms with Crippen LogP contribution in [0.15, 0.2) is 18.2 Å². The van der Waals surface area contributed by atoms with Gasteiger partial charge in [0.15, 0.2) is 0 Å². The van der Waals surface area contributed by atoms with Crippen molar-refractivity contribution in [1.82, 2.24) is 0 Å². The molecule has 2 atom stereocenters. The molecule has 1 aromatic carbocycles. The molecule has 2 unspecified atom stereocenters. The van der Waals surface area contributed by atoms with Crippen LogP contribution in [0.2, 0.25) is 0 Å². The van der Waals surface area contributed by atoms with Crippen LogP contribution in [0.3, 0.4) is 0 Å². The SMILES string of the molecule is CC1(C)CCC(COc2ccc3c(c2)C(O)CCC3)O1. The number of aryl methyl sites for hydroxylation is 1. The second kappa shape index (κ2) is 5.38. The van der Waals surface area contributed by atoms with Crippen molar-refractivity contribution in [2.75, 3.05) is 6.61 Å². The Morgan fingerprint density at radius 1 is 1.35 bits per heavy atom. The molecule has 1 aliphatic carbocycles. The van der Waals surface area contributed by atoms with Gasteiger partial charge in [-0.2, -0.15) is 0 Å². The van der Waals surface area contributed by atoms with Crippen LogP contribution in [0.5, 0.6) is 5.75 Å². The molecule has 20 heavy (non-hydrogen) atoms. The second-order valence-corrected chi connectivity index (χ2v) is 6.62. The largest absolute Gasteiger partial charge is 0.491 e. The smallest absolute Gasteiger partial charge is 0.119 e. The summed E-state index contributed by atoms with van der Waals surface area (Å²) in [5.74, 6) is 0.845. The number of benzene rings is 1. The van der Waals surface area contributed by atoms with E-state index in [0.29, 0.717) is 6.61 Å². The lowest BCUT2D eigenvalue weighted by atomic mass is 9.89. The van der Waals surface area contributed by atoms with Crippen molar-refractivity contribution in [2.45, 2.75) is 63.8 Å². The van der Waals surface area contributed by atoms with Gasteiger partial charge in [0.05, 0.1) is 17.8 Å². The summed E-state index contributed by atoms with van der Waals surface area (Å²) in [5.41, 5.74) is 2.29. The summed E-state index contributed by atoms with van der Waals surface area (Å²) >= 11 is 0. The number of rotatable bonds is 3.